The summed E-state index contributed by atoms with van der Waals surface area (Å²) >= 11 is 0. The van der Waals surface area contributed by atoms with Gasteiger partial charge in [0.05, 0.1) is 25.4 Å². The highest BCUT2D eigenvalue weighted by Gasteiger charge is 2.48. The predicted molar refractivity (Wildman–Crippen MR) is 124 cm³/mol. The molecule has 0 fully saturated rings. The van der Waals surface area contributed by atoms with Gasteiger partial charge < -0.3 is 28.8 Å². The monoisotopic (exact) mass is 474 g/mol. The Bertz CT molecular complexity index is 1340. The number of hydrogen-bond donors (Lipinski definition) is 1. The summed E-state index contributed by atoms with van der Waals surface area (Å²) < 4.78 is 26.5. The first-order valence-electron chi connectivity index (χ1n) is 10.8. The number of benzene rings is 3. The van der Waals surface area contributed by atoms with Crippen LogP contribution in [0.3, 0.4) is 0 Å². The molecule has 5 rings (SSSR count). The molecule has 1 N–H and O–H groups in total. The maximum Gasteiger partial charge on any atom is 0.342 e. The highest BCUT2D eigenvalue weighted by Crippen LogP contribution is 2.46. The smallest absolute Gasteiger partial charge is 0.342 e. The maximum absolute atomic E-state index is 13.2. The number of fused-ring (bicyclic) bond motifs is 1. The maximum atomic E-state index is 13.2. The van der Waals surface area contributed by atoms with Crippen LogP contribution in [0.1, 0.15) is 27.0 Å². The molecule has 0 amide bonds. The molecule has 0 aliphatic carbocycles. The summed E-state index contributed by atoms with van der Waals surface area (Å²) in [6, 6.07) is 18.5. The van der Waals surface area contributed by atoms with Crippen molar-refractivity contribution in [1.29, 1.82) is 0 Å². The Kier molecular flexibility index (Phi) is 5.66. The molecular weight excluding hydrogens is 452 g/mol. The molecule has 8 nitrogen and oxygen atoms in total. The van der Waals surface area contributed by atoms with Gasteiger partial charge in [-0.1, -0.05) is 18.2 Å². The van der Waals surface area contributed by atoms with E-state index >= 15 is 0 Å². The van der Waals surface area contributed by atoms with Crippen LogP contribution in [0.4, 0.5) is 0 Å². The van der Waals surface area contributed by atoms with Gasteiger partial charge in [-0.25, -0.2) is 9.59 Å². The van der Waals surface area contributed by atoms with Crippen molar-refractivity contribution in [2.75, 3.05) is 21.0 Å². The summed E-state index contributed by atoms with van der Waals surface area (Å²) in [7, 11) is 2.85. The highest BCUT2D eigenvalue weighted by molar-refractivity contribution is 6.20. The van der Waals surface area contributed by atoms with Gasteiger partial charge >= 0.3 is 11.9 Å². The molecule has 1 unspecified atom stereocenters. The first kappa shape index (κ1) is 22.5. The summed E-state index contributed by atoms with van der Waals surface area (Å²) in [5.74, 6) is -1.54. The number of methoxy groups -OCH3 is 2. The Morgan fingerprint density at radius 1 is 1.00 bits per heavy atom. The lowest BCUT2D eigenvalue weighted by atomic mass is 9.87. The highest BCUT2D eigenvalue weighted by atomic mass is 16.7. The van der Waals surface area contributed by atoms with Crippen molar-refractivity contribution < 1.29 is 38.4 Å². The van der Waals surface area contributed by atoms with Gasteiger partial charge in [0.1, 0.15) is 5.75 Å². The van der Waals surface area contributed by atoms with Crippen LogP contribution in [0.25, 0.3) is 5.57 Å². The largest absolute Gasteiger partial charge is 0.497 e. The summed E-state index contributed by atoms with van der Waals surface area (Å²) in [5.41, 5.74) is 2.46. The van der Waals surface area contributed by atoms with Crippen LogP contribution in [-0.4, -0.2) is 38.1 Å². The first-order valence-corrected chi connectivity index (χ1v) is 10.8. The predicted octanol–water partition coefficient (Wildman–Crippen LogP) is 3.61. The Balaban J connectivity index is 1.65. The van der Waals surface area contributed by atoms with Crippen molar-refractivity contribution in [3.63, 3.8) is 0 Å². The zero-order chi connectivity index (χ0) is 24.6. The quantitative estimate of drug-likeness (QED) is 0.541. The van der Waals surface area contributed by atoms with E-state index in [1.165, 1.54) is 14.2 Å². The second-order valence-electron chi connectivity index (χ2n) is 8.05. The molecular formula is C27H22O8. The molecule has 2 heterocycles. The second kappa shape index (κ2) is 8.81. The standard InChI is InChI=1S/C27H22O8/c1-31-20-9-7-19(8-10-20)27(30)21(13-16-4-3-5-18(12-16)25(28)32-2)24(26(29)35-27)17-6-11-22-23(14-17)34-15-33-22/h3-12,14,30H,13,15H2,1-2H3. The van der Waals surface area contributed by atoms with E-state index in [0.29, 0.717) is 45.1 Å². The average molecular weight is 474 g/mol. The van der Waals surface area contributed by atoms with Gasteiger partial charge in [0.2, 0.25) is 6.79 Å². The molecule has 2 aliphatic rings. The van der Waals surface area contributed by atoms with Crippen LogP contribution < -0.4 is 14.2 Å². The van der Waals surface area contributed by atoms with Crippen LogP contribution in [0.15, 0.2) is 72.3 Å². The Labute approximate surface area is 201 Å². The number of hydrogen-bond acceptors (Lipinski definition) is 8. The van der Waals surface area contributed by atoms with Crippen molar-refractivity contribution in [3.05, 3.63) is 94.6 Å². The Morgan fingerprint density at radius 2 is 1.77 bits per heavy atom. The van der Waals surface area contributed by atoms with Crippen molar-refractivity contribution in [2.45, 2.75) is 12.2 Å². The van der Waals surface area contributed by atoms with Gasteiger partial charge in [-0.15, -0.1) is 0 Å². The lowest BCUT2D eigenvalue weighted by molar-refractivity contribution is -0.185. The molecule has 0 radical (unpaired) electrons. The van der Waals surface area contributed by atoms with E-state index in [1.54, 1.807) is 66.7 Å². The third kappa shape index (κ3) is 3.98. The number of carbonyl (C=O) groups excluding carboxylic acids is 2. The number of esters is 2. The number of ether oxygens (including phenoxy) is 5. The minimum atomic E-state index is -2.03. The van der Waals surface area contributed by atoms with E-state index < -0.39 is 17.7 Å². The van der Waals surface area contributed by atoms with Crippen LogP contribution >= 0.6 is 0 Å². The average Bonchev–Trinajstić information content (AvgIpc) is 3.45. The number of carbonyl (C=O) groups is 2. The fraction of sp³-hybridized carbons (Fsp3) is 0.185. The molecule has 178 valence electrons. The number of rotatable bonds is 6. The van der Waals surface area contributed by atoms with Crippen LogP contribution in [-0.2, 0) is 26.5 Å². The molecule has 1 atom stereocenters. The molecule has 8 heteroatoms. The van der Waals surface area contributed by atoms with Gasteiger partial charge in [0, 0.05) is 17.6 Å². The van der Waals surface area contributed by atoms with E-state index in [9.17, 15) is 14.7 Å². The van der Waals surface area contributed by atoms with Gasteiger partial charge in [-0.05, 0) is 59.7 Å². The van der Waals surface area contributed by atoms with Crippen LogP contribution in [0, 0.1) is 0 Å². The fourth-order valence-electron chi connectivity index (χ4n) is 4.27. The third-order valence-corrected chi connectivity index (χ3v) is 6.03. The normalized spacial score (nSPS) is 18.4. The van der Waals surface area contributed by atoms with Gasteiger partial charge in [0.15, 0.2) is 11.5 Å². The van der Waals surface area contributed by atoms with Crippen molar-refractivity contribution in [3.8, 4) is 17.2 Å². The van der Waals surface area contributed by atoms with E-state index in [2.05, 4.69) is 0 Å². The summed E-state index contributed by atoms with van der Waals surface area (Å²) in [5, 5.41) is 11.8. The zero-order valence-electron chi connectivity index (χ0n) is 19.1. The first-order chi connectivity index (χ1) is 16.9. The van der Waals surface area contributed by atoms with E-state index in [0.717, 1.165) is 0 Å². The van der Waals surface area contributed by atoms with E-state index in [1.807, 2.05) is 0 Å². The molecule has 2 aliphatic heterocycles. The van der Waals surface area contributed by atoms with Crippen molar-refractivity contribution in [1.82, 2.24) is 0 Å². The SMILES string of the molecule is COC(=O)c1cccc(CC2=C(c3ccc4c(c3)OCO4)C(=O)OC2(O)c2ccc(OC)cc2)c1. The fourth-order valence-corrected chi connectivity index (χ4v) is 4.27. The number of cyclic esters (lactones) is 1. The number of aliphatic hydroxyl groups is 1. The lowest BCUT2D eigenvalue weighted by Crippen LogP contribution is -2.29. The van der Waals surface area contributed by atoms with Gasteiger partial charge in [-0.3, -0.25) is 0 Å². The van der Waals surface area contributed by atoms with Crippen LogP contribution in [0.2, 0.25) is 0 Å². The van der Waals surface area contributed by atoms with Crippen molar-refractivity contribution >= 4 is 17.5 Å². The lowest BCUT2D eigenvalue weighted by Gasteiger charge is -2.26. The Morgan fingerprint density at radius 3 is 2.51 bits per heavy atom. The zero-order valence-corrected chi connectivity index (χ0v) is 19.1. The molecule has 0 bridgehead atoms. The molecule has 0 saturated heterocycles. The molecule has 3 aromatic rings. The molecule has 35 heavy (non-hydrogen) atoms. The molecule has 3 aromatic carbocycles. The van der Waals surface area contributed by atoms with E-state index in [-0.39, 0.29) is 18.8 Å². The summed E-state index contributed by atoms with van der Waals surface area (Å²) in [6.07, 6.45) is 0.128. The van der Waals surface area contributed by atoms with Gasteiger partial charge in [-0.2, -0.15) is 0 Å². The minimum absolute atomic E-state index is 0.0885. The minimum Gasteiger partial charge on any atom is -0.497 e. The van der Waals surface area contributed by atoms with Crippen LogP contribution in [0.5, 0.6) is 17.2 Å². The van der Waals surface area contributed by atoms with E-state index in [4.69, 9.17) is 23.7 Å². The molecule has 0 saturated carbocycles. The summed E-state index contributed by atoms with van der Waals surface area (Å²) in [4.78, 5) is 25.3. The molecule has 0 aromatic heterocycles. The molecule has 0 spiro atoms. The topological polar surface area (TPSA) is 101 Å². The second-order valence-corrected chi connectivity index (χ2v) is 8.05. The summed E-state index contributed by atoms with van der Waals surface area (Å²) in [6.45, 7) is 0.0885. The Hall–Kier alpha value is -4.30. The van der Waals surface area contributed by atoms with Gasteiger partial charge in [0.25, 0.3) is 5.79 Å². The van der Waals surface area contributed by atoms with Crippen molar-refractivity contribution in [2.24, 2.45) is 0 Å². The third-order valence-electron chi connectivity index (χ3n) is 6.03.